The van der Waals surface area contributed by atoms with E-state index in [2.05, 4.69) is 11.1 Å². The van der Waals surface area contributed by atoms with E-state index in [0.717, 1.165) is 0 Å². The van der Waals surface area contributed by atoms with E-state index in [9.17, 15) is 4.79 Å². The fourth-order valence-corrected chi connectivity index (χ4v) is 0.892. The van der Waals surface area contributed by atoms with Gasteiger partial charge in [0, 0.05) is 0 Å². The predicted molar refractivity (Wildman–Crippen MR) is 51.0 cm³/mol. The Labute approximate surface area is 78.5 Å². The molecule has 0 spiro atoms. The Morgan fingerprint density at radius 2 is 1.92 bits per heavy atom. The summed E-state index contributed by atoms with van der Waals surface area (Å²) in [6.45, 7) is 2.12. The van der Waals surface area contributed by atoms with Gasteiger partial charge in [-0.1, -0.05) is 6.42 Å². The molecule has 1 heterocycles. The van der Waals surface area contributed by atoms with Gasteiger partial charge in [-0.15, -0.1) is 0 Å². The van der Waals surface area contributed by atoms with Crippen LogP contribution in [0.4, 0.5) is 0 Å². The van der Waals surface area contributed by atoms with Crippen molar-refractivity contribution in [1.29, 1.82) is 0 Å². The molecule has 1 amide bonds. The fourth-order valence-electron chi connectivity index (χ4n) is 0.892. The molecule has 5 nitrogen and oxygen atoms in total. The smallest absolute Gasteiger partial charge is 0.236 e. The van der Waals surface area contributed by atoms with E-state index < -0.39 is 11.9 Å². The van der Waals surface area contributed by atoms with Crippen molar-refractivity contribution in [2.45, 2.75) is 25.3 Å². The number of nitrogens with one attached hydrogen (secondary N) is 1. The minimum atomic E-state index is -0.903. The van der Waals surface area contributed by atoms with Gasteiger partial charge in [-0.05, 0) is 25.9 Å². The molecule has 6 N–H and O–H groups in total. The van der Waals surface area contributed by atoms with Crippen molar-refractivity contribution in [2.75, 3.05) is 19.7 Å². The first-order valence-corrected chi connectivity index (χ1v) is 4.55. The number of aliphatic hydroxyl groups is 1. The summed E-state index contributed by atoms with van der Waals surface area (Å²) in [5.74, 6) is -0.678. The van der Waals surface area contributed by atoms with Crippen molar-refractivity contribution in [3.63, 3.8) is 0 Å². The largest absolute Gasteiger partial charge is 0.394 e. The number of carbonyl (C=O) groups excluding carboxylic acids is 1. The summed E-state index contributed by atoms with van der Waals surface area (Å²) in [7, 11) is 0. The van der Waals surface area contributed by atoms with Crippen LogP contribution >= 0.6 is 0 Å². The normalized spacial score (nSPS) is 18.3. The third kappa shape index (κ3) is 7.70. The Morgan fingerprint density at radius 3 is 2.00 bits per heavy atom. The maximum absolute atomic E-state index is 9.87. The zero-order valence-electron chi connectivity index (χ0n) is 7.83. The molecule has 1 fully saturated rings. The maximum Gasteiger partial charge on any atom is 0.236 e. The van der Waals surface area contributed by atoms with Gasteiger partial charge in [0.05, 0.1) is 6.61 Å². The number of nitrogens with two attached hydrogens (primary N) is 2. The summed E-state index contributed by atoms with van der Waals surface area (Å²) in [5, 5.41) is 11.4. The van der Waals surface area contributed by atoms with Gasteiger partial charge in [0.1, 0.15) is 6.04 Å². The monoisotopic (exact) mass is 189 g/mol. The SMILES string of the molecule is C1CCNCC1.NC(=O)C(N)CO. The second-order valence-corrected chi connectivity index (χ2v) is 3.00. The molecule has 0 saturated carbocycles. The third-order valence-electron chi connectivity index (χ3n) is 1.77. The molecule has 0 aliphatic carbocycles. The van der Waals surface area contributed by atoms with Gasteiger partial charge >= 0.3 is 0 Å². The van der Waals surface area contributed by atoms with E-state index in [1.165, 1.54) is 32.4 Å². The number of carbonyl (C=O) groups is 1. The topological polar surface area (TPSA) is 101 Å². The first-order chi connectivity index (χ1) is 6.18. The third-order valence-corrected chi connectivity index (χ3v) is 1.77. The van der Waals surface area contributed by atoms with Crippen LogP contribution in [0.1, 0.15) is 19.3 Å². The minimum Gasteiger partial charge on any atom is -0.394 e. The van der Waals surface area contributed by atoms with Gasteiger partial charge in [-0.25, -0.2) is 0 Å². The molecule has 0 aromatic rings. The lowest BCUT2D eigenvalue weighted by Crippen LogP contribution is -2.39. The highest BCUT2D eigenvalue weighted by Gasteiger charge is 2.04. The molecule has 0 aromatic carbocycles. The second kappa shape index (κ2) is 7.97. The van der Waals surface area contributed by atoms with E-state index in [1.807, 2.05) is 0 Å². The van der Waals surface area contributed by atoms with Crippen LogP contribution in [0.15, 0.2) is 0 Å². The van der Waals surface area contributed by atoms with Crippen LogP contribution in [-0.4, -0.2) is 36.8 Å². The molecule has 1 aliphatic heterocycles. The van der Waals surface area contributed by atoms with Crippen molar-refractivity contribution in [3.8, 4) is 0 Å². The number of primary amides is 1. The molecule has 1 unspecified atom stereocenters. The first-order valence-electron chi connectivity index (χ1n) is 4.55. The molecule has 1 aliphatic rings. The summed E-state index contributed by atoms with van der Waals surface area (Å²) in [6, 6.07) is -0.903. The molecule has 1 saturated heterocycles. The standard InChI is InChI=1S/C5H11N.C3H8N2O2/c1-2-4-6-5-3-1;4-2(1-6)3(5)7/h6H,1-5H2;2,6H,1,4H2,(H2,5,7). The Morgan fingerprint density at radius 1 is 1.38 bits per heavy atom. The van der Waals surface area contributed by atoms with Crippen molar-refractivity contribution in [2.24, 2.45) is 11.5 Å². The summed E-state index contributed by atoms with van der Waals surface area (Å²) >= 11 is 0. The number of hydrogen-bond donors (Lipinski definition) is 4. The van der Waals surface area contributed by atoms with Gasteiger partial charge in [0.2, 0.25) is 5.91 Å². The number of aliphatic hydroxyl groups excluding tert-OH is 1. The summed E-state index contributed by atoms with van der Waals surface area (Å²) < 4.78 is 0. The van der Waals surface area contributed by atoms with Crippen LogP contribution in [-0.2, 0) is 4.79 Å². The Hall–Kier alpha value is -0.650. The van der Waals surface area contributed by atoms with E-state index >= 15 is 0 Å². The Bertz CT molecular complexity index is 126. The zero-order valence-corrected chi connectivity index (χ0v) is 7.83. The molecule has 0 radical (unpaired) electrons. The van der Waals surface area contributed by atoms with Crippen LogP contribution < -0.4 is 16.8 Å². The first kappa shape index (κ1) is 12.3. The van der Waals surface area contributed by atoms with Gasteiger partial charge < -0.3 is 21.9 Å². The highest BCUT2D eigenvalue weighted by atomic mass is 16.3. The Kier molecular flexibility index (Phi) is 7.57. The van der Waals surface area contributed by atoms with Crippen LogP contribution in [0.5, 0.6) is 0 Å². The molecule has 1 rings (SSSR count). The minimum absolute atomic E-state index is 0.380. The average Bonchev–Trinajstić information content (AvgIpc) is 2.20. The van der Waals surface area contributed by atoms with Crippen LogP contribution in [0, 0.1) is 0 Å². The summed E-state index contributed by atoms with van der Waals surface area (Å²) in [4.78, 5) is 9.87. The quantitative estimate of drug-likeness (QED) is 0.427. The van der Waals surface area contributed by atoms with E-state index in [0.29, 0.717) is 0 Å². The number of amides is 1. The Balaban J connectivity index is 0.000000223. The number of piperidine rings is 1. The van der Waals surface area contributed by atoms with Gasteiger partial charge in [-0.3, -0.25) is 4.79 Å². The highest BCUT2D eigenvalue weighted by molar-refractivity contribution is 5.79. The zero-order chi connectivity index (χ0) is 10.1. The van der Waals surface area contributed by atoms with Crippen molar-refractivity contribution in [1.82, 2.24) is 5.32 Å². The molecule has 78 valence electrons. The molecule has 5 heteroatoms. The fraction of sp³-hybridized carbons (Fsp3) is 0.875. The van der Waals surface area contributed by atoms with Crippen LogP contribution in [0.3, 0.4) is 0 Å². The lowest BCUT2D eigenvalue weighted by molar-refractivity contribution is -0.120. The van der Waals surface area contributed by atoms with E-state index in [-0.39, 0.29) is 6.61 Å². The van der Waals surface area contributed by atoms with Crippen molar-refractivity contribution >= 4 is 5.91 Å². The lowest BCUT2D eigenvalue weighted by Gasteiger charge is -2.08. The van der Waals surface area contributed by atoms with E-state index in [1.54, 1.807) is 0 Å². The van der Waals surface area contributed by atoms with Crippen molar-refractivity contribution in [3.05, 3.63) is 0 Å². The van der Waals surface area contributed by atoms with Gasteiger partial charge in [0.25, 0.3) is 0 Å². The van der Waals surface area contributed by atoms with Crippen molar-refractivity contribution < 1.29 is 9.90 Å². The highest BCUT2D eigenvalue weighted by Crippen LogP contribution is 1.96. The van der Waals surface area contributed by atoms with Crippen LogP contribution in [0.2, 0.25) is 0 Å². The van der Waals surface area contributed by atoms with E-state index in [4.69, 9.17) is 10.8 Å². The number of rotatable bonds is 2. The van der Waals surface area contributed by atoms with Gasteiger partial charge in [-0.2, -0.15) is 0 Å². The predicted octanol–water partition coefficient (Wildman–Crippen LogP) is -1.45. The molecule has 0 aromatic heterocycles. The summed E-state index contributed by atoms with van der Waals surface area (Å²) in [5.41, 5.74) is 9.51. The maximum atomic E-state index is 9.87. The molecular formula is C8H19N3O2. The molecule has 13 heavy (non-hydrogen) atoms. The molecule has 0 bridgehead atoms. The number of hydrogen-bond acceptors (Lipinski definition) is 4. The van der Waals surface area contributed by atoms with Gasteiger partial charge in [0.15, 0.2) is 0 Å². The average molecular weight is 189 g/mol. The lowest BCUT2D eigenvalue weighted by atomic mass is 10.2. The van der Waals surface area contributed by atoms with Crippen LogP contribution in [0.25, 0.3) is 0 Å². The molecular weight excluding hydrogens is 170 g/mol. The second-order valence-electron chi connectivity index (χ2n) is 3.00. The molecule has 1 atom stereocenters. The summed E-state index contributed by atoms with van der Waals surface area (Å²) in [6.07, 6.45) is 4.22.